The van der Waals surface area contributed by atoms with Crippen LogP contribution >= 0.6 is 34.8 Å². The summed E-state index contributed by atoms with van der Waals surface area (Å²) in [4.78, 5) is 32.7. The molecular weight excluding hydrogens is 847 g/mol. The number of anilines is 2. The number of phenols is 2. The fourth-order valence-electron chi connectivity index (χ4n) is 7.19. The molecule has 4 N–H and O–H groups in total. The van der Waals surface area contributed by atoms with E-state index < -0.39 is 24.0 Å². The van der Waals surface area contributed by atoms with Crippen molar-refractivity contribution in [1.29, 1.82) is 0 Å². The second-order valence-corrected chi connectivity index (χ2v) is 18.1. The molecule has 2 unspecified atom stereocenters. The van der Waals surface area contributed by atoms with Gasteiger partial charge in [0.1, 0.15) is 23.3 Å². The van der Waals surface area contributed by atoms with Crippen LogP contribution in [-0.2, 0) is 15.0 Å². The number of hydrazine groups is 1. The zero-order chi connectivity index (χ0) is 44.8. The first kappa shape index (κ1) is 48.2. The molecule has 5 rings (SSSR count). The largest absolute Gasteiger partial charge is 0.508 e. The lowest BCUT2D eigenvalue weighted by Gasteiger charge is -2.22. The van der Waals surface area contributed by atoms with Crippen molar-refractivity contribution < 1.29 is 24.5 Å². The Kier molecular flexibility index (Phi) is 17.9. The number of esters is 1. The van der Waals surface area contributed by atoms with Crippen molar-refractivity contribution in [3.05, 3.63) is 99.0 Å². The van der Waals surface area contributed by atoms with Gasteiger partial charge >= 0.3 is 5.97 Å². The minimum Gasteiger partial charge on any atom is -0.508 e. The summed E-state index contributed by atoms with van der Waals surface area (Å²) in [5, 5.41) is 34.7. The monoisotopic (exact) mass is 904 g/mol. The normalized spacial score (nSPS) is 15.4. The van der Waals surface area contributed by atoms with E-state index in [0.717, 1.165) is 25.7 Å². The summed E-state index contributed by atoms with van der Waals surface area (Å²) in [6, 6.07) is 17.3. The number of carbonyl (C=O) groups is 2. The number of aromatic hydroxyl groups is 2. The van der Waals surface area contributed by atoms with Crippen molar-refractivity contribution in [3.63, 3.8) is 0 Å². The number of aryl methyl sites for hydroxylation is 1. The van der Waals surface area contributed by atoms with E-state index in [-0.39, 0.29) is 38.5 Å². The number of phenolic OH excluding ortho intramolecular Hbond substituents is 2. The minimum atomic E-state index is -1.23. The van der Waals surface area contributed by atoms with E-state index in [1.54, 1.807) is 73.7 Å². The van der Waals surface area contributed by atoms with Gasteiger partial charge in [0, 0.05) is 16.3 Å². The van der Waals surface area contributed by atoms with Crippen LogP contribution in [-0.4, -0.2) is 40.0 Å². The van der Waals surface area contributed by atoms with Gasteiger partial charge in [-0.15, -0.1) is 0 Å². The first-order valence-electron chi connectivity index (χ1n) is 21.6. The van der Waals surface area contributed by atoms with Crippen molar-refractivity contribution in [1.82, 2.24) is 5.43 Å². The summed E-state index contributed by atoms with van der Waals surface area (Å²) < 4.78 is 5.96. The average molecular weight is 906 g/mol. The number of azo groups is 1. The standard InChI is InChI=1S/C48H59Cl3N6O5/c1-6-7-8-9-10-11-12-13-14-15-16-17-18-40(47(61)62-35-22-26-43(59)36(30-35)48(3,4)5)52-33-20-24-37(50)41(29-33)53-45-44(55-54-39-25-21-34(58)27-31(39)2)46(60)57(56-45)42-28-32(49)19-23-38(42)51/h19-30,40,44,52,58-59H,6-18H2,1-5H3,(H,53,56). The number of hydrogen-bond donors (Lipinski definition) is 4. The number of carbonyl (C=O) groups excluding carboxylic acids is 2. The average Bonchev–Trinajstić information content (AvgIpc) is 3.53. The molecule has 11 nitrogen and oxygen atoms in total. The molecule has 1 aliphatic heterocycles. The van der Waals surface area contributed by atoms with E-state index in [9.17, 15) is 19.8 Å². The molecule has 0 aromatic heterocycles. The first-order valence-corrected chi connectivity index (χ1v) is 22.7. The molecule has 4 aromatic rings. The van der Waals surface area contributed by atoms with E-state index in [0.29, 0.717) is 45.4 Å². The second kappa shape index (κ2) is 23.0. The third-order valence-electron chi connectivity index (χ3n) is 10.7. The highest BCUT2D eigenvalue weighted by Crippen LogP contribution is 2.36. The number of ether oxygens (including phenoxy) is 1. The Morgan fingerprint density at radius 1 is 0.823 bits per heavy atom. The number of amides is 1. The van der Waals surface area contributed by atoms with Crippen molar-refractivity contribution in [3.8, 4) is 17.2 Å². The molecular formula is C48H59Cl3N6O5. The van der Waals surface area contributed by atoms with Gasteiger partial charge in [-0.1, -0.05) is 140 Å². The van der Waals surface area contributed by atoms with E-state index in [4.69, 9.17) is 44.5 Å². The lowest BCUT2D eigenvalue weighted by molar-refractivity contribution is -0.135. The molecule has 0 radical (unpaired) electrons. The number of amidine groups is 1. The maximum Gasteiger partial charge on any atom is 0.333 e. The Morgan fingerprint density at radius 2 is 1.48 bits per heavy atom. The summed E-state index contributed by atoms with van der Waals surface area (Å²) in [5.74, 6) is -0.329. The molecule has 0 spiro atoms. The van der Waals surface area contributed by atoms with Crippen LogP contribution in [0.25, 0.3) is 0 Å². The van der Waals surface area contributed by atoms with Gasteiger partial charge in [-0.25, -0.2) is 14.8 Å². The highest BCUT2D eigenvalue weighted by molar-refractivity contribution is 6.36. The third kappa shape index (κ3) is 13.8. The SMILES string of the molecule is CCCCCCCCCCCCCCC(Nc1ccc(Cl)c(N=C2NN(c3cc(Cl)ccc3Cl)C(=O)C2N=Nc2ccc(O)cc2C)c1)C(=O)Oc1ccc(O)c(C(C)(C)C)c1. The minimum absolute atomic E-state index is 0.0758. The van der Waals surface area contributed by atoms with Gasteiger partial charge in [0.05, 0.1) is 27.1 Å². The third-order valence-corrected chi connectivity index (χ3v) is 11.6. The summed E-state index contributed by atoms with van der Waals surface area (Å²) >= 11 is 19.6. The van der Waals surface area contributed by atoms with Crippen LogP contribution in [0.15, 0.2) is 88.0 Å². The van der Waals surface area contributed by atoms with Crippen molar-refractivity contribution >= 4 is 75.3 Å². The molecule has 1 saturated heterocycles. The smallest absolute Gasteiger partial charge is 0.333 e. The number of hydrogen-bond acceptors (Lipinski definition) is 9. The molecule has 4 aromatic carbocycles. The quantitative estimate of drug-likeness (QED) is 0.0281. The second-order valence-electron chi connectivity index (χ2n) is 16.9. The molecule has 0 aliphatic carbocycles. The molecule has 0 bridgehead atoms. The number of unbranched alkanes of at least 4 members (excludes halogenated alkanes) is 11. The summed E-state index contributed by atoms with van der Waals surface area (Å²) in [6.07, 6.45) is 14.8. The molecule has 1 heterocycles. The summed E-state index contributed by atoms with van der Waals surface area (Å²) in [5.41, 5.74) is 5.55. The highest BCUT2D eigenvalue weighted by atomic mass is 35.5. The molecule has 14 heteroatoms. The lowest BCUT2D eigenvalue weighted by Crippen LogP contribution is -2.36. The highest BCUT2D eigenvalue weighted by Gasteiger charge is 2.40. The fourth-order valence-corrected chi connectivity index (χ4v) is 7.72. The van der Waals surface area contributed by atoms with Gasteiger partial charge < -0.3 is 20.3 Å². The number of halogens is 3. The number of nitrogens with zero attached hydrogens (tertiary/aromatic N) is 4. The molecule has 332 valence electrons. The van der Waals surface area contributed by atoms with E-state index in [1.165, 1.54) is 62.4 Å². The van der Waals surface area contributed by atoms with Crippen LogP contribution in [0.2, 0.25) is 15.1 Å². The van der Waals surface area contributed by atoms with E-state index >= 15 is 0 Å². The topological polar surface area (TPSA) is 148 Å². The molecule has 2 atom stereocenters. The molecule has 62 heavy (non-hydrogen) atoms. The Labute approximate surface area is 380 Å². The first-order chi connectivity index (χ1) is 29.6. The maximum absolute atomic E-state index is 14.0. The van der Waals surface area contributed by atoms with E-state index in [2.05, 4.69) is 27.9 Å². The number of aliphatic imine (C=N–C) groups is 1. The zero-order valence-corrected chi connectivity index (χ0v) is 38.6. The van der Waals surface area contributed by atoms with Crippen LogP contribution in [0.3, 0.4) is 0 Å². The number of rotatable bonds is 21. The Bertz CT molecular complexity index is 2230. The van der Waals surface area contributed by atoms with Gasteiger partial charge in [0.15, 0.2) is 5.84 Å². The summed E-state index contributed by atoms with van der Waals surface area (Å²) in [6.45, 7) is 9.95. The Balaban J connectivity index is 1.37. The van der Waals surface area contributed by atoms with E-state index in [1.807, 2.05) is 20.8 Å². The number of benzene rings is 4. The van der Waals surface area contributed by atoms with Gasteiger partial charge in [-0.2, -0.15) is 10.2 Å². The van der Waals surface area contributed by atoms with Crippen molar-refractivity contribution in [2.45, 2.75) is 136 Å². The molecule has 0 saturated carbocycles. The Hall–Kier alpha value is -4.84. The van der Waals surface area contributed by atoms with Gasteiger partial charge in [-0.3, -0.25) is 10.2 Å². The van der Waals surface area contributed by atoms with Crippen LogP contribution in [0.5, 0.6) is 17.2 Å². The molecule has 1 fully saturated rings. The van der Waals surface area contributed by atoms with Crippen molar-refractivity contribution in [2.75, 3.05) is 10.3 Å². The zero-order valence-electron chi connectivity index (χ0n) is 36.3. The summed E-state index contributed by atoms with van der Waals surface area (Å²) in [7, 11) is 0. The van der Waals surface area contributed by atoms with Crippen molar-refractivity contribution in [2.24, 2.45) is 15.2 Å². The van der Waals surface area contributed by atoms with Crippen LogP contribution < -0.4 is 20.5 Å². The molecule has 1 amide bonds. The predicted molar refractivity (Wildman–Crippen MR) is 252 cm³/mol. The van der Waals surface area contributed by atoms with Crippen LogP contribution in [0.1, 0.15) is 122 Å². The van der Waals surface area contributed by atoms with Crippen LogP contribution in [0.4, 0.5) is 22.7 Å². The lowest BCUT2D eigenvalue weighted by atomic mass is 9.86. The van der Waals surface area contributed by atoms with Gasteiger partial charge in [0.2, 0.25) is 6.04 Å². The predicted octanol–water partition coefficient (Wildman–Crippen LogP) is 13.9. The number of nitrogens with one attached hydrogen (secondary N) is 2. The fraction of sp³-hybridized carbons (Fsp3) is 0.438. The maximum atomic E-state index is 14.0. The van der Waals surface area contributed by atoms with Crippen LogP contribution in [0, 0.1) is 6.92 Å². The Morgan fingerprint density at radius 3 is 2.15 bits per heavy atom. The molecule has 1 aliphatic rings. The van der Waals surface area contributed by atoms with Gasteiger partial charge in [0.25, 0.3) is 5.91 Å². The van der Waals surface area contributed by atoms with Gasteiger partial charge in [-0.05, 0) is 97.1 Å².